The zero-order chi connectivity index (χ0) is 13.8. The summed E-state index contributed by atoms with van der Waals surface area (Å²) in [7, 11) is 1.68. The minimum absolute atomic E-state index is 0.119. The molecule has 0 radical (unpaired) electrons. The number of likely N-dealkylation sites (N-methyl/N-ethyl adjacent to an activating group) is 1. The average Bonchev–Trinajstić information content (AvgIpc) is 2.91. The lowest BCUT2D eigenvalue weighted by Crippen LogP contribution is -2.28. The molecule has 19 heavy (non-hydrogen) atoms. The maximum Gasteiger partial charge on any atom is 0.257 e. The SMILES string of the molecule is CN(CCc1cccs1)C(=O)c1cccc(O)c1O. The molecule has 2 aromatic rings. The van der Waals surface area contributed by atoms with Crippen LogP contribution in [0.1, 0.15) is 15.2 Å². The summed E-state index contributed by atoms with van der Waals surface area (Å²) in [6.07, 6.45) is 0.777. The first-order valence-electron chi connectivity index (χ1n) is 5.88. The molecule has 0 bridgehead atoms. The van der Waals surface area contributed by atoms with Gasteiger partial charge in [-0.25, -0.2) is 0 Å². The summed E-state index contributed by atoms with van der Waals surface area (Å²) >= 11 is 1.65. The molecule has 0 aliphatic heterocycles. The lowest BCUT2D eigenvalue weighted by Gasteiger charge is -2.17. The van der Waals surface area contributed by atoms with Gasteiger partial charge < -0.3 is 15.1 Å². The van der Waals surface area contributed by atoms with Crippen molar-refractivity contribution >= 4 is 17.2 Å². The maximum atomic E-state index is 12.1. The van der Waals surface area contributed by atoms with Crippen LogP contribution in [-0.4, -0.2) is 34.6 Å². The molecule has 2 N–H and O–H groups in total. The number of carbonyl (C=O) groups is 1. The fraction of sp³-hybridized carbons (Fsp3) is 0.214. The van der Waals surface area contributed by atoms with Crippen molar-refractivity contribution in [1.29, 1.82) is 0 Å². The predicted molar refractivity (Wildman–Crippen MR) is 74.8 cm³/mol. The first-order valence-corrected chi connectivity index (χ1v) is 6.76. The van der Waals surface area contributed by atoms with Crippen LogP contribution < -0.4 is 0 Å². The topological polar surface area (TPSA) is 60.8 Å². The van der Waals surface area contributed by atoms with Crippen molar-refractivity contribution in [3.63, 3.8) is 0 Å². The minimum atomic E-state index is -0.365. The van der Waals surface area contributed by atoms with Crippen molar-refractivity contribution in [2.75, 3.05) is 13.6 Å². The number of carbonyl (C=O) groups excluding carboxylic acids is 1. The standard InChI is InChI=1S/C14H15NO3S/c1-15(8-7-10-4-3-9-19-10)14(18)11-5-2-6-12(16)13(11)17/h2-6,9,16-17H,7-8H2,1H3. The smallest absolute Gasteiger partial charge is 0.257 e. The number of thiophene rings is 1. The zero-order valence-electron chi connectivity index (χ0n) is 10.5. The van der Waals surface area contributed by atoms with Crippen LogP contribution in [0.2, 0.25) is 0 Å². The Bertz CT molecular complexity index is 566. The zero-order valence-corrected chi connectivity index (χ0v) is 11.4. The molecule has 0 saturated carbocycles. The lowest BCUT2D eigenvalue weighted by molar-refractivity contribution is 0.0793. The highest BCUT2D eigenvalue weighted by molar-refractivity contribution is 7.09. The van der Waals surface area contributed by atoms with Gasteiger partial charge in [0.1, 0.15) is 0 Å². The monoisotopic (exact) mass is 277 g/mol. The van der Waals surface area contributed by atoms with E-state index in [1.54, 1.807) is 18.4 Å². The molecule has 4 nitrogen and oxygen atoms in total. The fourth-order valence-electron chi connectivity index (χ4n) is 1.74. The Morgan fingerprint density at radius 2 is 2.05 bits per heavy atom. The van der Waals surface area contributed by atoms with Crippen LogP contribution in [0, 0.1) is 0 Å². The van der Waals surface area contributed by atoms with Crippen LogP contribution in [-0.2, 0) is 6.42 Å². The van der Waals surface area contributed by atoms with Crippen LogP contribution in [0.3, 0.4) is 0 Å². The first-order chi connectivity index (χ1) is 9.09. The number of phenols is 2. The third kappa shape index (κ3) is 3.06. The number of hydrogen-bond donors (Lipinski definition) is 2. The molecule has 1 amide bonds. The van der Waals surface area contributed by atoms with Gasteiger partial charge in [-0.3, -0.25) is 4.79 Å². The van der Waals surface area contributed by atoms with Crippen molar-refractivity contribution in [3.05, 3.63) is 46.2 Å². The molecule has 5 heteroatoms. The van der Waals surface area contributed by atoms with Gasteiger partial charge in [0.05, 0.1) is 5.56 Å². The highest BCUT2D eigenvalue weighted by atomic mass is 32.1. The summed E-state index contributed by atoms with van der Waals surface area (Å²) in [5.41, 5.74) is 0.119. The molecule has 0 aliphatic rings. The van der Waals surface area contributed by atoms with Gasteiger partial charge in [0, 0.05) is 18.5 Å². The maximum absolute atomic E-state index is 12.1. The third-order valence-corrected chi connectivity index (χ3v) is 3.80. The van der Waals surface area contributed by atoms with Crippen molar-refractivity contribution < 1.29 is 15.0 Å². The van der Waals surface area contributed by atoms with E-state index in [0.29, 0.717) is 6.54 Å². The Balaban J connectivity index is 2.04. The molecule has 0 spiro atoms. The predicted octanol–water partition coefficient (Wildman–Crippen LogP) is 2.47. The van der Waals surface area contributed by atoms with E-state index in [1.165, 1.54) is 28.0 Å². The number of benzene rings is 1. The molecule has 0 fully saturated rings. The summed E-state index contributed by atoms with van der Waals surface area (Å²) < 4.78 is 0. The quantitative estimate of drug-likeness (QED) is 0.844. The molecule has 1 aromatic carbocycles. The fourth-order valence-corrected chi connectivity index (χ4v) is 2.44. The molecular formula is C14H15NO3S. The second-order valence-corrected chi connectivity index (χ2v) is 5.26. The van der Waals surface area contributed by atoms with Crippen molar-refractivity contribution in [1.82, 2.24) is 4.90 Å². The van der Waals surface area contributed by atoms with E-state index in [1.807, 2.05) is 17.5 Å². The van der Waals surface area contributed by atoms with Crippen molar-refractivity contribution in [2.24, 2.45) is 0 Å². The molecule has 1 aromatic heterocycles. The van der Waals surface area contributed by atoms with Gasteiger partial charge >= 0.3 is 0 Å². The summed E-state index contributed by atoms with van der Waals surface area (Å²) in [5.74, 6) is -0.946. The summed E-state index contributed by atoms with van der Waals surface area (Å²) in [6.45, 7) is 0.564. The second kappa shape index (κ2) is 5.75. The minimum Gasteiger partial charge on any atom is -0.504 e. The Morgan fingerprint density at radius 1 is 1.26 bits per heavy atom. The highest BCUT2D eigenvalue weighted by Crippen LogP contribution is 2.28. The van der Waals surface area contributed by atoms with Crippen LogP contribution in [0.4, 0.5) is 0 Å². The summed E-state index contributed by atoms with van der Waals surface area (Å²) in [5, 5.41) is 21.1. The van der Waals surface area contributed by atoms with Gasteiger partial charge in [-0.1, -0.05) is 12.1 Å². The molecule has 0 unspecified atom stereocenters. The number of para-hydroxylation sites is 1. The second-order valence-electron chi connectivity index (χ2n) is 4.23. The summed E-state index contributed by atoms with van der Waals surface area (Å²) in [4.78, 5) is 14.9. The highest BCUT2D eigenvalue weighted by Gasteiger charge is 2.17. The van der Waals surface area contributed by atoms with E-state index in [9.17, 15) is 15.0 Å². The number of rotatable bonds is 4. The van der Waals surface area contributed by atoms with Crippen LogP contribution in [0.25, 0.3) is 0 Å². The van der Waals surface area contributed by atoms with Crippen molar-refractivity contribution in [3.8, 4) is 11.5 Å². The van der Waals surface area contributed by atoms with E-state index in [4.69, 9.17) is 0 Å². The van der Waals surface area contributed by atoms with Gasteiger partial charge in [-0.05, 0) is 30.0 Å². The normalized spacial score (nSPS) is 10.4. The molecule has 0 saturated heterocycles. The van der Waals surface area contributed by atoms with Crippen LogP contribution in [0.15, 0.2) is 35.7 Å². The molecular weight excluding hydrogens is 262 g/mol. The Morgan fingerprint density at radius 3 is 2.74 bits per heavy atom. The van der Waals surface area contributed by atoms with Crippen LogP contribution >= 0.6 is 11.3 Å². The van der Waals surface area contributed by atoms with E-state index in [-0.39, 0.29) is 23.0 Å². The lowest BCUT2D eigenvalue weighted by atomic mass is 10.1. The number of hydrogen-bond acceptors (Lipinski definition) is 4. The number of amides is 1. The molecule has 0 atom stereocenters. The van der Waals surface area contributed by atoms with Gasteiger partial charge in [0.15, 0.2) is 11.5 Å². The van der Waals surface area contributed by atoms with Crippen molar-refractivity contribution in [2.45, 2.75) is 6.42 Å². The molecule has 2 rings (SSSR count). The average molecular weight is 277 g/mol. The van der Waals surface area contributed by atoms with Gasteiger partial charge in [0.25, 0.3) is 5.91 Å². The van der Waals surface area contributed by atoms with Gasteiger partial charge in [-0.15, -0.1) is 11.3 Å². The summed E-state index contributed by atoms with van der Waals surface area (Å²) in [6, 6.07) is 8.38. The van der Waals surface area contributed by atoms with Gasteiger partial charge in [-0.2, -0.15) is 0 Å². The van der Waals surface area contributed by atoms with E-state index < -0.39 is 0 Å². The van der Waals surface area contributed by atoms with E-state index in [0.717, 1.165) is 6.42 Å². The number of phenolic OH excluding ortho intramolecular Hbond substituents is 2. The Hall–Kier alpha value is -2.01. The van der Waals surface area contributed by atoms with Gasteiger partial charge in [0.2, 0.25) is 0 Å². The molecule has 100 valence electrons. The molecule has 0 aliphatic carbocycles. The Kier molecular flexibility index (Phi) is 4.06. The van der Waals surface area contributed by atoms with Crippen LogP contribution in [0.5, 0.6) is 11.5 Å². The third-order valence-electron chi connectivity index (χ3n) is 2.87. The number of nitrogens with zero attached hydrogens (tertiary/aromatic N) is 1. The van der Waals surface area contributed by atoms with E-state index in [2.05, 4.69) is 0 Å². The van der Waals surface area contributed by atoms with E-state index >= 15 is 0 Å². The largest absolute Gasteiger partial charge is 0.504 e. The Labute approximate surface area is 115 Å². The first kappa shape index (κ1) is 13.4. The number of aromatic hydroxyl groups is 2. The molecule has 1 heterocycles.